The van der Waals surface area contributed by atoms with Crippen molar-refractivity contribution in [2.24, 2.45) is 0 Å². The summed E-state index contributed by atoms with van der Waals surface area (Å²) in [5, 5.41) is 2.55. The van der Waals surface area contributed by atoms with Gasteiger partial charge in [-0.1, -0.05) is 71.7 Å². The van der Waals surface area contributed by atoms with Crippen molar-refractivity contribution in [2.75, 3.05) is 0 Å². The van der Waals surface area contributed by atoms with Crippen LogP contribution in [0.25, 0.3) is 33.4 Å². The molecule has 0 radical (unpaired) electrons. The summed E-state index contributed by atoms with van der Waals surface area (Å²) in [4.78, 5) is 8.19. The lowest BCUT2D eigenvalue weighted by Crippen LogP contribution is -2.07. The second-order valence-electron chi connectivity index (χ2n) is 7.33. The number of aromatic nitrogens is 3. The number of benzene rings is 3. The third kappa shape index (κ3) is 3.30. The van der Waals surface area contributed by atoms with Gasteiger partial charge in [-0.2, -0.15) is 0 Å². The van der Waals surface area contributed by atoms with Gasteiger partial charge in [-0.15, -0.1) is 0 Å². The second-order valence-corrected chi connectivity index (χ2v) is 8.21. The highest BCUT2D eigenvalue weighted by molar-refractivity contribution is 6.31. The van der Waals surface area contributed by atoms with E-state index in [0.717, 1.165) is 38.4 Å². The van der Waals surface area contributed by atoms with Crippen LogP contribution in [0.2, 0.25) is 10.0 Å². The van der Waals surface area contributed by atoms with E-state index in [1.54, 1.807) is 0 Å². The number of nitrogens with zero attached hydrogens (tertiary/aromatic N) is 2. The number of nitrogens with one attached hydrogen (secondary N) is 1. The summed E-state index contributed by atoms with van der Waals surface area (Å²) in [5.41, 5.74) is 6.37. The molecular weight excluding hydrogens is 413 g/mol. The summed E-state index contributed by atoms with van der Waals surface area (Å²) in [6, 6.07) is 24.3. The number of fused-ring (bicyclic) bond motifs is 1. The van der Waals surface area contributed by atoms with Gasteiger partial charge in [-0.25, -0.2) is 4.98 Å². The predicted molar refractivity (Wildman–Crippen MR) is 125 cm³/mol. The Balaban J connectivity index is 1.74. The van der Waals surface area contributed by atoms with Gasteiger partial charge in [0.05, 0.1) is 23.8 Å². The van der Waals surface area contributed by atoms with E-state index >= 15 is 0 Å². The normalized spacial score (nSPS) is 12.4. The van der Waals surface area contributed by atoms with Crippen LogP contribution >= 0.6 is 23.2 Å². The van der Waals surface area contributed by atoms with Gasteiger partial charge >= 0.3 is 0 Å². The first-order valence-electron chi connectivity index (χ1n) is 9.76. The Morgan fingerprint density at radius 3 is 2.40 bits per heavy atom. The van der Waals surface area contributed by atoms with Gasteiger partial charge in [0.2, 0.25) is 0 Å². The molecule has 0 aliphatic carbocycles. The lowest BCUT2D eigenvalue weighted by atomic mass is 10.0. The molecule has 1 atom stereocenters. The zero-order valence-corrected chi connectivity index (χ0v) is 17.8. The Hall–Kier alpha value is -3.01. The van der Waals surface area contributed by atoms with Crippen molar-refractivity contribution in [2.45, 2.75) is 13.0 Å². The lowest BCUT2D eigenvalue weighted by Gasteiger charge is -2.18. The van der Waals surface area contributed by atoms with E-state index < -0.39 is 0 Å². The fraction of sp³-hybridized carbons (Fsp3) is 0.0800. The zero-order valence-electron chi connectivity index (χ0n) is 16.3. The minimum Gasteiger partial charge on any atom is -0.360 e. The number of halogens is 2. The fourth-order valence-electron chi connectivity index (χ4n) is 3.92. The number of imidazole rings is 1. The average molecular weight is 432 g/mol. The van der Waals surface area contributed by atoms with Gasteiger partial charge < -0.3 is 9.55 Å². The zero-order chi connectivity index (χ0) is 20.7. The first kappa shape index (κ1) is 19.0. The standard InChI is InChI=1S/C25H19Cl2N3/c1-16(17-7-9-19(26)10-8-17)30-15-29-24(18-5-3-2-4-6-18)25(30)22-14-28-23-13-20(27)11-12-21(22)23/h2-16,28H,1H3/t16-/m1/s1. The largest absolute Gasteiger partial charge is 0.360 e. The molecule has 0 bridgehead atoms. The van der Waals surface area contributed by atoms with Crippen molar-refractivity contribution >= 4 is 34.1 Å². The molecule has 3 nitrogen and oxygen atoms in total. The van der Waals surface area contributed by atoms with Gasteiger partial charge in [0.15, 0.2) is 0 Å². The topological polar surface area (TPSA) is 33.6 Å². The number of hydrogen-bond acceptors (Lipinski definition) is 1. The van der Waals surface area contributed by atoms with Crippen molar-refractivity contribution in [1.29, 1.82) is 0 Å². The van der Waals surface area contributed by atoms with Crippen LogP contribution in [0.3, 0.4) is 0 Å². The van der Waals surface area contributed by atoms with Crippen molar-refractivity contribution < 1.29 is 0 Å². The summed E-state index contributed by atoms with van der Waals surface area (Å²) in [5.74, 6) is 0. The molecule has 0 aliphatic rings. The quantitative estimate of drug-likeness (QED) is 0.311. The Morgan fingerprint density at radius 2 is 1.63 bits per heavy atom. The van der Waals surface area contributed by atoms with E-state index in [4.69, 9.17) is 28.2 Å². The van der Waals surface area contributed by atoms with Crippen LogP contribution in [0.5, 0.6) is 0 Å². The van der Waals surface area contributed by atoms with E-state index in [1.165, 1.54) is 5.56 Å². The third-order valence-corrected chi connectivity index (χ3v) is 6.00. The molecule has 1 N–H and O–H groups in total. The van der Waals surface area contributed by atoms with Crippen molar-refractivity contribution in [3.63, 3.8) is 0 Å². The van der Waals surface area contributed by atoms with E-state index in [-0.39, 0.29) is 6.04 Å². The van der Waals surface area contributed by atoms with Crippen LogP contribution in [-0.2, 0) is 0 Å². The second kappa shape index (κ2) is 7.67. The van der Waals surface area contributed by atoms with E-state index in [9.17, 15) is 0 Å². The van der Waals surface area contributed by atoms with Crippen LogP contribution in [0.15, 0.2) is 85.3 Å². The highest BCUT2D eigenvalue weighted by atomic mass is 35.5. The maximum atomic E-state index is 6.21. The molecule has 0 aliphatic heterocycles. The smallest absolute Gasteiger partial charge is 0.0964 e. The highest BCUT2D eigenvalue weighted by Gasteiger charge is 2.21. The summed E-state index contributed by atoms with van der Waals surface area (Å²) < 4.78 is 2.22. The summed E-state index contributed by atoms with van der Waals surface area (Å²) >= 11 is 12.3. The van der Waals surface area contributed by atoms with Gasteiger partial charge in [0.25, 0.3) is 0 Å². The summed E-state index contributed by atoms with van der Waals surface area (Å²) in [6.45, 7) is 2.18. The summed E-state index contributed by atoms with van der Waals surface area (Å²) in [7, 11) is 0. The monoisotopic (exact) mass is 431 g/mol. The first-order valence-corrected chi connectivity index (χ1v) is 10.5. The number of H-pyrrole nitrogens is 1. The Kier molecular flexibility index (Phi) is 4.86. The van der Waals surface area contributed by atoms with Crippen molar-refractivity contribution in [3.8, 4) is 22.5 Å². The Morgan fingerprint density at radius 1 is 0.900 bits per heavy atom. The molecule has 0 amide bonds. The van der Waals surface area contributed by atoms with Gasteiger partial charge in [0, 0.05) is 38.3 Å². The van der Waals surface area contributed by atoms with Crippen LogP contribution in [0.4, 0.5) is 0 Å². The van der Waals surface area contributed by atoms with E-state index in [1.807, 2.05) is 55.0 Å². The molecule has 5 aromatic rings. The van der Waals surface area contributed by atoms with E-state index in [0.29, 0.717) is 5.02 Å². The molecule has 2 aromatic heterocycles. The average Bonchev–Trinajstić information content (AvgIpc) is 3.38. The minimum atomic E-state index is 0.0829. The van der Waals surface area contributed by atoms with Gasteiger partial charge in [0.1, 0.15) is 0 Å². The van der Waals surface area contributed by atoms with Crippen molar-refractivity contribution in [3.05, 3.63) is 101 Å². The molecule has 30 heavy (non-hydrogen) atoms. The molecule has 5 rings (SSSR count). The number of aromatic amines is 1. The molecule has 5 heteroatoms. The maximum Gasteiger partial charge on any atom is 0.0964 e. The Labute approximate surface area is 184 Å². The molecule has 0 spiro atoms. The van der Waals surface area contributed by atoms with Crippen LogP contribution in [-0.4, -0.2) is 14.5 Å². The molecule has 0 unspecified atom stereocenters. The SMILES string of the molecule is C[C@H](c1ccc(Cl)cc1)n1cnc(-c2ccccc2)c1-c1c[nH]c2cc(Cl)ccc12. The molecule has 0 saturated heterocycles. The molecule has 148 valence electrons. The Bertz CT molecular complexity index is 1320. The minimum absolute atomic E-state index is 0.0829. The van der Waals surface area contributed by atoms with Gasteiger partial charge in [-0.05, 0) is 36.8 Å². The predicted octanol–water partition coefficient (Wildman–Crippen LogP) is 7.61. The number of rotatable bonds is 4. The first-order chi connectivity index (χ1) is 14.6. The fourth-order valence-corrected chi connectivity index (χ4v) is 4.22. The maximum absolute atomic E-state index is 6.21. The molecular formula is C25H19Cl2N3. The van der Waals surface area contributed by atoms with Crippen LogP contribution in [0, 0.1) is 0 Å². The molecule has 0 fully saturated rings. The van der Waals surface area contributed by atoms with E-state index in [2.05, 4.69) is 46.8 Å². The molecule has 0 saturated carbocycles. The van der Waals surface area contributed by atoms with Crippen LogP contribution < -0.4 is 0 Å². The summed E-state index contributed by atoms with van der Waals surface area (Å²) in [6.07, 6.45) is 3.96. The van der Waals surface area contributed by atoms with Gasteiger partial charge in [-0.3, -0.25) is 0 Å². The molecule has 2 heterocycles. The highest BCUT2D eigenvalue weighted by Crippen LogP contribution is 2.38. The third-order valence-electron chi connectivity index (χ3n) is 5.51. The lowest BCUT2D eigenvalue weighted by molar-refractivity contribution is 0.645. The van der Waals surface area contributed by atoms with Crippen molar-refractivity contribution in [1.82, 2.24) is 14.5 Å². The molecule has 3 aromatic carbocycles. The van der Waals surface area contributed by atoms with Crippen LogP contribution in [0.1, 0.15) is 18.5 Å². The number of hydrogen-bond donors (Lipinski definition) is 1.